The minimum atomic E-state index is -3.74. The number of hydroxylamine groups is 2. The lowest BCUT2D eigenvalue weighted by Crippen LogP contribution is -2.41. The molecule has 1 fully saturated rings. The van der Waals surface area contributed by atoms with Gasteiger partial charge in [0.05, 0.1) is 23.5 Å². The van der Waals surface area contributed by atoms with Gasteiger partial charge in [0.25, 0.3) is 11.8 Å². The van der Waals surface area contributed by atoms with Crippen molar-refractivity contribution in [3.8, 4) is 0 Å². The first-order chi connectivity index (χ1) is 11.6. The van der Waals surface area contributed by atoms with Crippen LogP contribution in [-0.4, -0.2) is 55.8 Å². The summed E-state index contributed by atoms with van der Waals surface area (Å²) in [5, 5.41) is -1.09. The van der Waals surface area contributed by atoms with E-state index in [2.05, 4.69) is 4.74 Å². The smallest absolute Gasteiger partial charge is 0.351 e. The lowest BCUT2D eigenvalue weighted by Gasteiger charge is -2.17. The maximum Gasteiger partial charge on any atom is 0.351 e. The van der Waals surface area contributed by atoms with E-state index in [1.165, 1.54) is 24.3 Å². The second kappa shape index (κ2) is 5.38. The molecule has 0 N–H and O–H groups in total. The highest BCUT2D eigenvalue weighted by Gasteiger charge is 2.73. The first-order valence-corrected chi connectivity index (χ1v) is 9.07. The molecule has 9 nitrogen and oxygen atoms in total. The number of carbonyl (C=O) groups excluding carboxylic acids is 4. The third-order valence-corrected chi connectivity index (χ3v) is 5.86. The number of benzene rings is 1. The number of hydrogen-bond donors (Lipinski definition) is 0. The molecule has 2 amide bonds. The highest BCUT2D eigenvalue weighted by atomic mass is 32.2. The molecule has 0 radical (unpaired) electrons. The fraction of sp³-hybridized carbons (Fsp3) is 0.333. The lowest BCUT2D eigenvalue weighted by atomic mass is 10.1. The van der Waals surface area contributed by atoms with Crippen LogP contribution in [0.5, 0.6) is 0 Å². The summed E-state index contributed by atoms with van der Waals surface area (Å²) in [5.41, 5.74) is -1.98. The summed E-state index contributed by atoms with van der Waals surface area (Å²) in [4.78, 5) is 53.6. The zero-order valence-corrected chi connectivity index (χ0v) is 14.0. The molecule has 0 aromatic heterocycles. The molecule has 0 saturated heterocycles. The average molecular weight is 367 g/mol. The van der Waals surface area contributed by atoms with Crippen LogP contribution in [0.15, 0.2) is 24.3 Å². The quantitative estimate of drug-likeness (QED) is 0.404. The SMILES string of the molecule is COC(=O)C1(C(=O)ON2C(=O)c3ccccc3C2=O)CC1S(C)(=O)=O. The van der Waals surface area contributed by atoms with Crippen molar-refractivity contribution in [3.63, 3.8) is 0 Å². The van der Waals surface area contributed by atoms with Crippen LogP contribution >= 0.6 is 0 Å². The van der Waals surface area contributed by atoms with E-state index in [-0.39, 0.29) is 22.6 Å². The Bertz CT molecular complexity index is 886. The van der Waals surface area contributed by atoms with Crippen LogP contribution in [0.3, 0.4) is 0 Å². The van der Waals surface area contributed by atoms with Crippen molar-refractivity contribution in [1.82, 2.24) is 5.06 Å². The number of rotatable bonds is 4. The summed E-state index contributed by atoms with van der Waals surface area (Å²) in [5.74, 6) is -4.15. The van der Waals surface area contributed by atoms with Gasteiger partial charge in [-0.15, -0.1) is 0 Å². The maximum absolute atomic E-state index is 12.4. The standard InChI is InChI=1S/C15H13NO8S/c1-23-13(19)15(7-10(15)25(2,21)22)14(20)24-16-11(17)8-5-3-4-6-9(8)12(16)18/h3-6,10H,7H2,1-2H3. The number of carbonyl (C=O) groups is 4. The Morgan fingerprint density at radius 2 is 1.64 bits per heavy atom. The summed E-state index contributed by atoms with van der Waals surface area (Å²) in [7, 11) is -2.74. The molecule has 10 heteroatoms. The van der Waals surface area contributed by atoms with E-state index >= 15 is 0 Å². The normalized spacial score (nSPS) is 24.7. The number of imide groups is 1. The van der Waals surface area contributed by atoms with Gasteiger partial charge in [0.15, 0.2) is 15.3 Å². The number of esters is 1. The number of nitrogens with zero attached hydrogens (tertiary/aromatic N) is 1. The van der Waals surface area contributed by atoms with E-state index in [4.69, 9.17) is 4.84 Å². The van der Waals surface area contributed by atoms with Crippen LogP contribution in [0.4, 0.5) is 0 Å². The molecule has 0 spiro atoms. The van der Waals surface area contributed by atoms with Gasteiger partial charge in [0, 0.05) is 6.26 Å². The van der Waals surface area contributed by atoms with Gasteiger partial charge < -0.3 is 9.57 Å². The molecule has 2 unspecified atom stereocenters. The molecule has 2 aliphatic rings. The highest BCUT2D eigenvalue weighted by molar-refractivity contribution is 7.91. The van der Waals surface area contributed by atoms with Crippen molar-refractivity contribution in [3.05, 3.63) is 35.4 Å². The van der Waals surface area contributed by atoms with E-state index in [1.54, 1.807) is 0 Å². The van der Waals surface area contributed by atoms with Gasteiger partial charge in [-0.2, -0.15) is 0 Å². The predicted molar refractivity (Wildman–Crippen MR) is 80.7 cm³/mol. The monoisotopic (exact) mass is 367 g/mol. The van der Waals surface area contributed by atoms with Crippen molar-refractivity contribution >= 4 is 33.6 Å². The van der Waals surface area contributed by atoms with Gasteiger partial charge in [0.1, 0.15) is 0 Å². The number of sulfone groups is 1. The van der Waals surface area contributed by atoms with Gasteiger partial charge in [-0.05, 0) is 18.6 Å². The summed E-state index contributed by atoms with van der Waals surface area (Å²) < 4.78 is 27.9. The Kier molecular flexibility index (Phi) is 3.68. The predicted octanol–water partition coefficient (Wildman–Crippen LogP) is -0.283. The highest BCUT2D eigenvalue weighted by Crippen LogP contribution is 2.52. The number of amides is 2. The third-order valence-electron chi connectivity index (χ3n) is 4.26. The van der Waals surface area contributed by atoms with Gasteiger partial charge in [-0.1, -0.05) is 17.2 Å². The molecular weight excluding hydrogens is 354 g/mol. The van der Waals surface area contributed by atoms with Crippen LogP contribution in [0.1, 0.15) is 27.1 Å². The fourth-order valence-electron chi connectivity index (χ4n) is 2.86. The Labute approximate surface area is 142 Å². The van der Waals surface area contributed by atoms with Gasteiger partial charge in [-0.3, -0.25) is 14.4 Å². The van der Waals surface area contributed by atoms with E-state index < -0.39 is 44.3 Å². The van der Waals surface area contributed by atoms with Gasteiger partial charge in [0.2, 0.25) is 0 Å². The summed E-state index contributed by atoms with van der Waals surface area (Å²) in [6.07, 6.45) is 0.540. The lowest BCUT2D eigenvalue weighted by molar-refractivity contribution is -0.181. The molecule has 1 aromatic carbocycles. The minimum Gasteiger partial charge on any atom is -0.468 e. The second-order valence-electron chi connectivity index (χ2n) is 5.81. The Hall–Kier alpha value is -2.75. The molecule has 132 valence electrons. The van der Waals surface area contributed by atoms with Crippen LogP contribution in [-0.2, 0) is 29.0 Å². The van der Waals surface area contributed by atoms with Crippen molar-refractivity contribution in [2.24, 2.45) is 5.41 Å². The Morgan fingerprint density at radius 3 is 2.04 bits per heavy atom. The van der Waals surface area contributed by atoms with Crippen molar-refractivity contribution in [2.45, 2.75) is 11.7 Å². The zero-order valence-electron chi connectivity index (χ0n) is 13.2. The number of methoxy groups -OCH3 is 1. The number of fused-ring (bicyclic) bond motifs is 1. The molecule has 1 aliphatic carbocycles. The van der Waals surface area contributed by atoms with E-state index in [9.17, 15) is 27.6 Å². The molecule has 0 bridgehead atoms. The molecule has 2 atom stereocenters. The molecule has 1 aromatic rings. The van der Waals surface area contributed by atoms with Crippen LogP contribution in [0.25, 0.3) is 0 Å². The topological polar surface area (TPSA) is 124 Å². The first-order valence-electron chi connectivity index (χ1n) is 7.12. The van der Waals surface area contributed by atoms with Crippen LogP contribution in [0.2, 0.25) is 0 Å². The molecule has 3 rings (SSSR count). The van der Waals surface area contributed by atoms with Gasteiger partial charge >= 0.3 is 11.9 Å². The fourth-order valence-corrected chi connectivity index (χ4v) is 4.35. The Morgan fingerprint density at radius 1 is 1.12 bits per heavy atom. The van der Waals surface area contributed by atoms with E-state index in [0.29, 0.717) is 0 Å². The molecule has 1 aliphatic heterocycles. The summed E-state index contributed by atoms with van der Waals surface area (Å²) in [6.45, 7) is 0. The molecule has 1 saturated carbocycles. The summed E-state index contributed by atoms with van der Waals surface area (Å²) >= 11 is 0. The largest absolute Gasteiger partial charge is 0.468 e. The van der Waals surface area contributed by atoms with Crippen molar-refractivity contribution in [1.29, 1.82) is 0 Å². The van der Waals surface area contributed by atoms with Crippen LogP contribution in [0, 0.1) is 5.41 Å². The summed E-state index contributed by atoms with van der Waals surface area (Å²) in [6, 6.07) is 5.84. The molecular formula is C15H13NO8S. The van der Waals surface area contributed by atoms with E-state index in [0.717, 1.165) is 13.4 Å². The maximum atomic E-state index is 12.4. The number of ether oxygens (including phenoxy) is 1. The zero-order chi connectivity index (χ0) is 18.6. The average Bonchev–Trinajstić information content (AvgIpc) is 3.30. The minimum absolute atomic E-state index is 0.0443. The van der Waals surface area contributed by atoms with Gasteiger partial charge in [-0.25, -0.2) is 13.2 Å². The Balaban J connectivity index is 1.89. The molecule has 25 heavy (non-hydrogen) atoms. The molecule has 1 heterocycles. The van der Waals surface area contributed by atoms with Crippen molar-refractivity contribution in [2.75, 3.05) is 13.4 Å². The number of hydrogen-bond acceptors (Lipinski definition) is 8. The third kappa shape index (κ3) is 2.40. The second-order valence-corrected chi connectivity index (χ2v) is 8.04. The first kappa shape index (κ1) is 17.1. The van der Waals surface area contributed by atoms with E-state index in [1.807, 2.05) is 0 Å². The van der Waals surface area contributed by atoms with Crippen LogP contribution < -0.4 is 0 Å². The van der Waals surface area contributed by atoms with Crippen molar-refractivity contribution < 1.29 is 37.2 Å².